The second-order valence-corrected chi connectivity index (χ2v) is 5.10. The topological polar surface area (TPSA) is 84.7 Å². The number of primary amides is 1. The fraction of sp³-hybridized carbons (Fsp3) is 0. The van der Waals surface area contributed by atoms with Gasteiger partial charge in [0.2, 0.25) is 5.91 Å². The Morgan fingerprint density at radius 2 is 1.77 bits per heavy atom. The number of benzene rings is 2. The van der Waals surface area contributed by atoms with Crippen molar-refractivity contribution < 1.29 is 4.79 Å². The van der Waals surface area contributed by atoms with Gasteiger partial charge in [-0.1, -0.05) is 12.1 Å². The fourth-order valence-electron chi connectivity index (χ4n) is 2.60. The van der Waals surface area contributed by atoms with E-state index in [4.69, 9.17) is 10.7 Å². The second kappa shape index (κ2) is 4.66. The van der Waals surface area contributed by atoms with Crippen LogP contribution in [-0.2, 0) is 0 Å². The van der Waals surface area contributed by atoms with E-state index in [-0.39, 0.29) is 0 Å². The van der Waals surface area contributed by atoms with Gasteiger partial charge in [0.25, 0.3) is 0 Å². The number of aromatic amines is 1. The van der Waals surface area contributed by atoms with Gasteiger partial charge < -0.3 is 5.73 Å². The molecule has 0 unspecified atom stereocenters. The van der Waals surface area contributed by atoms with Crippen molar-refractivity contribution in [2.45, 2.75) is 0 Å². The Morgan fingerprint density at radius 3 is 2.55 bits per heavy atom. The molecule has 4 rings (SSSR count). The molecule has 0 spiro atoms. The Balaban J connectivity index is 1.85. The number of nitrogens with two attached hydrogens (primary N) is 1. The lowest BCUT2D eigenvalue weighted by Gasteiger charge is -2.05. The highest BCUT2D eigenvalue weighted by molar-refractivity contribution is 6.05. The summed E-state index contributed by atoms with van der Waals surface area (Å²) in [4.78, 5) is 15.8. The van der Waals surface area contributed by atoms with Crippen LogP contribution in [0.25, 0.3) is 33.1 Å². The molecule has 0 saturated heterocycles. The van der Waals surface area contributed by atoms with Crippen LogP contribution >= 0.6 is 0 Å². The summed E-state index contributed by atoms with van der Waals surface area (Å²) in [6, 6.07) is 15.1. The van der Waals surface area contributed by atoms with Crippen molar-refractivity contribution in [3.05, 3.63) is 60.3 Å². The number of amides is 1. The molecule has 0 atom stereocenters. The van der Waals surface area contributed by atoms with Gasteiger partial charge in [0.15, 0.2) is 0 Å². The molecule has 0 fully saturated rings. The molecule has 2 aromatic heterocycles. The van der Waals surface area contributed by atoms with E-state index in [0.717, 1.165) is 33.1 Å². The van der Waals surface area contributed by atoms with Crippen LogP contribution in [0, 0.1) is 0 Å². The Kier molecular flexibility index (Phi) is 2.66. The number of hydrogen-bond donors (Lipinski definition) is 2. The van der Waals surface area contributed by atoms with E-state index in [0.29, 0.717) is 5.56 Å². The van der Waals surface area contributed by atoms with E-state index in [1.54, 1.807) is 18.3 Å². The molecule has 106 valence electrons. The van der Waals surface area contributed by atoms with Crippen molar-refractivity contribution in [1.82, 2.24) is 15.2 Å². The molecule has 0 saturated carbocycles. The van der Waals surface area contributed by atoms with Crippen LogP contribution in [-0.4, -0.2) is 21.1 Å². The summed E-state index contributed by atoms with van der Waals surface area (Å²) >= 11 is 0. The van der Waals surface area contributed by atoms with Crippen LogP contribution in [0.5, 0.6) is 0 Å². The van der Waals surface area contributed by atoms with Crippen molar-refractivity contribution in [3.63, 3.8) is 0 Å². The molecule has 1 amide bonds. The van der Waals surface area contributed by atoms with E-state index in [1.807, 2.05) is 36.4 Å². The molecule has 0 radical (unpaired) electrons. The molecule has 22 heavy (non-hydrogen) atoms. The summed E-state index contributed by atoms with van der Waals surface area (Å²) in [7, 11) is 0. The van der Waals surface area contributed by atoms with Crippen molar-refractivity contribution in [1.29, 1.82) is 0 Å². The second-order valence-electron chi connectivity index (χ2n) is 5.10. The molecule has 0 aliphatic carbocycles. The van der Waals surface area contributed by atoms with Crippen LogP contribution in [0.15, 0.2) is 54.7 Å². The standard InChI is InChI=1S/C17H12N4O/c18-17(22)11-3-1-10(2-4-11)14-6-5-12-13-9-19-21-16(13)8-7-15(12)20-14/h1-9H,(H2,18,22)(H,19,21). The largest absolute Gasteiger partial charge is 0.366 e. The van der Waals surface area contributed by atoms with Gasteiger partial charge in [0.1, 0.15) is 0 Å². The summed E-state index contributed by atoms with van der Waals surface area (Å²) in [5.41, 5.74) is 9.44. The van der Waals surface area contributed by atoms with Crippen LogP contribution in [0.4, 0.5) is 0 Å². The van der Waals surface area contributed by atoms with Gasteiger partial charge in [-0.3, -0.25) is 9.89 Å². The van der Waals surface area contributed by atoms with Crippen LogP contribution in [0.2, 0.25) is 0 Å². The van der Waals surface area contributed by atoms with E-state index < -0.39 is 5.91 Å². The van der Waals surface area contributed by atoms with E-state index in [1.165, 1.54) is 0 Å². The molecule has 5 heteroatoms. The number of carbonyl (C=O) groups is 1. The fourth-order valence-corrected chi connectivity index (χ4v) is 2.60. The Morgan fingerprint density at radius 1 is 0.955 bits per heavy atom. The molecule has 2 aromatic carbocycles. The lowest BCUT2D eigenvalue weighted by atomic mass is 10.1. The normalized spacial score (nSPS) is 11.1. The van der Waals surface area contributed by atoms with Crippen molar-refractivity contribution in [2.24, 2.45) is 5.73 Å². The average molecular weight is 288 g/mol. The maximum Gasteiger partial charge on any atom is 0.248 e. The van der Waals surface area contributed by atoms with Crippen molar-refractivity contribution in [2.75, 3.05) is 0 Å². The molecular formula is C17H12N4O. The Hall–Kier alpha value is -3.21. The Labute approximate surface area is 125 Å². The van der Waals surface area contributed by atoms with Crippen LogP contribution in [0.3, 0.4) is 0 Å². The molecule has 5 nitrogen and oxygen atoms in total. The first-order valence-corrected chi connectivity index (χ1v) is 6.85. The van der Waals surface area contributed by atoms with Gasteiger partial charge in [0, 0.05) is 21.9 Å². The first-order valence-electron chi connectivity index (χ1n) is 6.85. The Bertz CT molecular complexity index is 1000. The molecule has 0 aliphatic rings. The van der Waals surface area contributed by atoms with Crippen molar-refractivity contribution >= 4 is 27.7 Å². The maximum absolute atomic E-state index is 11.1. The first kappa shape index (κ1) is 12.5. The summed E-state index contributed by atoms with van der Waals surface area (Å²) in [5.74, 6) is -0.430. The summed E-state index contributed by atoms with van der Waals surface area (Å²) in [5, 5.41) is 9.13. The van der Waals surface area contributed by atoms with Gasteiger partial charge >= 0.3 is 0 Å². The highest BCUT2D eigenvalue weighted by atomic mass is 16.1. The summed E-state index contributed by atoms with van der Waals surface area (Å²) in [6.45, 7) is 0. The number of fused-ring (bicyclic) bond motifs is 3. The lowest BCUT2D eigenvalue weighted by Crippen LogP contribution is -2.10. The van der Waals surface area contributed by atoms with E-state index in [2.05, 4.69) is 10.2 Å². The van der Waals surface area contributed by atoms with Crippen molar-refractivity contribution in [3.8, 4) is 11.3 Å². The third kappa shape index (κ3) is 1.91. The molecule has 4 aromatic rings. The maximum atomic E-state index is 11.1. The molecular weight excluding hydrogens is 276 g/mol. The van der Waals surface area contributed by atoms with Gasteiger partial charge in [-0.25, -0.2) is 4.98 Å². The summed E-state index contributed by atoms with van der Waals surface area (Å²) < 4.78 is 0. The third-order valence-electron chi connectivity index (χ3n) is 3.76. The molecule has 0 aliphatic heterocycles. The number of H-pyrrole nitrogens is 1. The zero-order valence-electron chi connectivity index (χ0n) is 11.6. The minimum atomic E-state index is -0.430. The summed E-state index contributed by atoms with van der Waals surface area (Å²) in [6.07, 6.45) is 1.81. The van der Waals surface area contributed by atoms with Crippen LogP contribution < -0.4 is 5.73 Å². The molecule has 0 bridgehead atoms. The van der Waals surface area contributed by atoms with Gasteiger partial charge in [0.05, 0.1) is 22.9 Å². The number of rotatable bonds is 2. The minimum absolute atomic E-state index is 0.430. The van der Waals surface area contributed by atoms with Gasteiger partial charge in [-0.05, 0) is 36.4 Å². The number of aromatic nitrogens is 3. The first-order chi connectivity index (χ1) is 10.7. The van der Waals surface area contributed by atoms with Crippen LogP contribution in [0.1, 0.15) is 10.4 Å². The smallest absolute Gasteiger partial charge is 0.248 e. The number of nitrogens with zero attached hydrogens (tertiary/aromatic N) is 2. The van der Waals surface area contributed by atoms with Gasteiger partial charge in [-0.2, -0.15) is 5.10 Å². The minimum Gasteiger partial charge on any atom is -0.366 e. The quantitative estimate of drug-likeness (QED) is 0.594. The number of carbonyl (C=O) groups excluding carboxylic acids is 1. The third-order valence-corrected chi connectivity index (χ3v) is 3.76. The van der Waals surface area contributed by atoms with E-state index >= 15 is 0 Å². The van der Waals surface area contributed by atoms with Gasteiger partial charge in [-0.15, -0.1) is 0 Å². The van der Waals surface area contributed by atoms with E-state index in [9.17, 15) is 4.79 Å². The number of nitrogens with one attached hydrogen (secondary N) is 1. The monoisotopic (exact) mass is 288 g/mol. The predicted octanol–water partition coefficient (Wildman–Crippen LogP) is 2.88. The zero-order chi connectivity index (χ0) is 15.1. The zero-order valence-corrected chi connectivity index (χ0v) is 11.6. The molecule has 2 heterocycles. The lowest BCUT2D eigenvalue weighted by molar-refractivity contribution is 0.100. The highest BCUT2D eigenvalue weighted by Crippen LogP contribution is 2.26. The average Bonchev–Trinajstić information content (AvgIpc) is 3.03. The molecule has 3 N–H and O–H groups in total. The number of pyridine rings is 1. The highest BCUT2D eigenvalue weighted by Gasteiger charge is 2.06. The number of hydrogen-bond acceptors (Lipinski definition) is 3. The SMILES string of the molecule is NC(=O)c1ccc(-c2ccc3c(ccc4[nH]ncc43)n2)cc1. The predicted molar refractivity (Wildman–Crippen MR) is 85.3 cm³/mol.